The van der Waals surface area contributed by atoms with E-state index in [2.05, 4.69) is 28.2 Å². The number of carbonyl (C=O) groups is 1. The Labute approximate surface area is 147 Å². The summed E-state index contributed by atoms with van der Waals surface area (Å²) in [4.78, 5) is 14.0. The molecule has 1 fully saturated rings. The number of piperazine rings is 1. The molecule has 0 aromatic heterocycles. The summed E-state index contributed by atoms with van der Waals surface area (Å²) in [5.41, 5.74) is 0. The summed E-state index contributed by atoms with van der Waals surface area (Å²) in [5, 5.41) is 3.35. The van der Waals surface area contributed by atoms with Crippen LogP contribution in [0.3, 0.4) is 0 Å². The van der Waals surface area contributed by atoms with Crippen molar-refractivity contribution in [1.29, 1.82) is 0 Å². The van der Waals surface area contributed by atoms with Gasteiger partial charge in [0, 0.05) is 36.6 Å². The van der Waals surface area contributed by atoms with Crippen molar-refractivity contribution in [2.24, 2.45) is 0 Å². The molecule has 1 aromatic carbocycles. The van der Waals surface area contributed by atoms with Gasteiger partial charge in [-0.2, -0.15) is 0 Å². The molecular weight excluding hydrogens is 368 g/mol. The molecular formula is C16H24BrClN2O2. The van der Waals surface area contributed by atoms with E-state index in [0.717, 1.165) is 42.7 Å². The number of nitrogens with zero attached hydrogens (tertiary/aromatic N) is 1. The van der Waals surface area contributed by atoms with Gasteiger partial charge in [0.25, 0.3) is 0 Å². The minimum atomic E-state index is 0. The first kappa shape index (κ1) is 19.3. The quantitative estimate of drug-likeness (QED) is 0.757. The van der Waals surface area contributed by atoms with Crippen molar-refractivity contribution in [3.05, 3.63) is 28.7 Å². The first-order valence-electron chi connectivity index (χ1n) is 7.54. The zero-order valence-corrected chi connectivity index (χ0v) is 15.3. The zero-order valence-electron chi connectivity index (χ0n) is 12.9. The fourth-order valence-electron chi connectivity index (χ4n) is 2.42. The van der Waals surface area contributed by atoms with Crippen LogP contribution in [0.25, 0.3) is 0 Å². The first-order chi connectivity index (χ1) is 10.1. The largest absolute Gasteiger partial charge is 0.494 e. The third-order valence-corrected chi connectivity index (χ3v) is 4.12. The number of ether oxygens (including phenoxy) is 1. The van der Waals surface area contributed by atoms with Crippen molar-refractivity contribution < 1.29 is 9.53 Å². The Balaban J connectivity index is 0.00000242. The molecule has 0 saturated carbocycles. The van der Waals surface area contributed by atoms with Crippen LogP contribution in [-0.4, -0.2) is 43.1 Å². The Kier molecular flexibility index (Phi) is 8.83. The summed E-state index contributed by atoms with van der Waals surface area (Å²) in [6.45, 7) is 5.34. The minimum Gasteiger partial charge on any atom is -0.494 e. The number of carbonyl (C=O) groups excluding carboxylic acids is 1. The lowest BCUT2D eigenvalue weighted by molar-refractivity contribution is -0.132. The molecule has 6 heteroatoms. The Bertz CT molecular complexity index is 456. The molecule has 1 aliphatic rings. The SMILES string of the molecule is CC1CN(C(=O)CCCCOc2ccc(Br)cc2)CCN1.Cl. The highest BCUT2D eigenvalue weighted by Crippen LogP contribution is 2.16. The molecule has 1 heterocycles. The van der Waals surface area contributed by atoms with Crippen LogP contribution in [0.15, 0.2) is 28.7 Å². The van der Waals surface area contributed by atoms with E-state index in [1.165, 1.54) is 0 Å². The van der Waals surface area contributed by atoms with E-state index in [1.807, 2.05) is 29.2 Å². The Morgan fingerprint density at radius 2 is 2.09 bits per heavy atom. The van der Waals surface area contributed by atoms with Crippen molar-refractivity contribution in [1.82, 2.24) is 10.2 Å². The fourth-order valence-corrected chi connectivity index (χ4v) is 2.68. The smallest absolute Gasteiger partial charge is 0.222 e. The molecule has 1 saturated heterocycles. The van der Waals surface area contributed by atoms with E-state index >= 15 is 0 Å². The van der Waals surface area contributed by atoms with Crippen molar-refractivity contribution in [3.8, 4) is 5.75 Å². The second-order valence-electron chi connectivity index (χ2n) is 5.45. The topological polar surface area (TPSA) is 41.6 Å². The maximum absolute atomic E-state index is 12.1. The van der Waals surface area contributed by atoms with Crippen molar-refractivity contribution >= 4 is 34.2 Å². The summed E-state index contributed by atoms with van der Waals surface area (Å²) in [5.74, 6) is 1.15. The standard InChI is InChI=1S/C16H23BrN2O2.ClH/c1-13-12-19(10-9-18-13)16(20)4-2-3-11-21-15-7-5-14(17)6-8-15;/h5-8,13,18H,2-4,9-12H2,1H3;1H. The van der Waals surface area contributed by atoms with Crippen molar-refractivity contribution in [2.45, 2.75) is 32.2 Å². The van der Waals surface area contributed by atoms with Gasteiger partial charge in [-0.05, 0) is 44.0 Å². The van der Waals surface area contributed by atoms with E-state index in [4.69, 9.17) is 4.74 Å². The van der Waals surface area contributed by atoms with Crippen LogP contribution in [0.2, 0.25) is 0 Å². The highest BCUT2D eigenvalue weighted by Gasteiger charge is 2.19. The molecule has 1 N–H and O–H groups in total. The molecule has 0 aliphatic carbocycles. The van der Waals surface area contributed by atoms with Crippen LogP contribution in [0, 0.1) is 0 Å². The predicted octanol–water partition coefficient (Wildman–Crippen LogP) is 3.24. The van der Waals surface area contributed by atoms with Crippen LogP contribution in [0.5, 0.6) is 5.75 Å². The van der Waals surface area contributed by atoms with Gasteiger partial charge in [0.05, 0.1) is 6.61 Å². The molecule has 1 atom stereocenters. The normalized spacial score (nSPS) is 17.7. The number of rotatable bonds is 6. The zero-order chi connectivity index (χ0) is 15.1. The maximum Gasteiger partial charge on any atom is 0.222 e. The second kappa shape index (κ2) is 10.1. The van der Waals surface area contributed by atoms with E-state index in [9.17, 15) is 4.79 Å². The van der Waals surface area contributed by atoms with Gasteiger partial charge in [0.2, 0.25) is 5.91 Å². The number of nitrogens with one attached hydrogen (secondary N) is 1. The monoisotopic (exact) mass is 390 g/mol. The van der Waals surface area contributed by atoms with Gasteiger partial charge in [-0.15, -0.1) is 12.4 Å². The van der Waals surface area contributed by atoms with Crippen LogP contribution in [0.1, 0.15) is 26.2 Å². The summed E-state index contributed by atoms with van der Waals surface area (Å²) in [7, 11) is 0. The summed E-state index contributed by atoms with van der Waals surface area (Å²) < 4.78 is 6.70. The van der Waals surface area contributed by atoms with Crippen LogP contribution >= 0.6 is 28.3 Å². The van der Waals surface area contributed by atoms with Gasteiger partial charge >= 0.3 is 0 Å². The van der Waals surface area contributed by atoms with Gasteiger partial charge < -0.3 is 15.0 Å². The van der Waals surface area contributed by atoms with Crippen molar-refractivity contribution in [2.75, 3.05) is 26.2 Å². The van der Waals surface area contributed by atoms with Crippen LogP contribution in [-0.2, 0) is 4.79 Å². The number of benzene rings is 1. The average molecular weight is 392 g/mol. The van der Waals surface area contributed by atoms with E-state index < -0.39 is 0 Å². The molecule has 0 radical (unpaired) electrons. The highest BCUT2D eigenvalue weighted by molar-refractivity contribution is 9.10. The van der Waals surface area contributed by atoms with Gasteiger partial charge in [-0.1, -0.05) is 15.9 Å². The molecule has 1 amide bonds. The minimum absolute atomic E-state index is 0. The van der Waals surface area contributed by atoms with E-state index in [1.54, 1.807) is 0 Å². The molecule has 1 aromatic rings. The van der Waals surface area contributed by atoms with Crippen LogP contribution < -0.4 is 10.1 Å². The third kappa shape index (κ3) is 6.55. The van der Waals surface area contributed by atoms with Gasteiger partial charge in [-0.25, -0.2) is 0 Å². The number of hydrogen-bond acceptors (Lipinski definition) is 3. The van der Waals surface area contributed by atoms with Gasteiger partial charge in [0.1, 0.15) is 5.75 Å². The Morgan fingerprint density at radius 3 is 2.77 bits per heavy atom. The van der Waals surface area contributed by atoms with Crippen LogP contribution in [0.4, 0.5) is 0 Å². The summed E-state index contributed by atoms with van der Waals surface area (Å²) >= 11 is 3.39. The number of amides is 1. The molecule has 22 heavy (non-hydrogen) atoms. The predicted molar refractivity (Wildman–Crippen MR) is 94.8 cm³/mol. The van der Waals surface area contributed by atoms with Crippen molar-refractivity contribution in [3.63, 3.8) is 0 Å². The molecule has 2 rings (SSSR count). The number of hydrogen-bond donors (Lipinski definition) is 1. The summed E-state index contributed by atoms with van der Waals surface area (Å²) in [6.07, 6.45) is 2.41. The van der Waals surface area contributed by atoms with Gasteiger partial charge in [0.15, 0.2) is 0 Å². The molecule has 0 bridgehead atoms. The highest BCUT2D eigenvalue weighted by atomic mass is 79.9. The molecule has 1 aliphatic heterocycles. The molecule has 124 valence electrons. The lowest BCUT2D eigenvalue weighted by Gasteiger charge is -2.32. The first-order valence-corrected chi connectivity index (χ1v) is 8.34. The maximum atomic E-state index is 12.1. The second-order valence-corrected chi connectivity index (χ2v) is 6.37. The Morgan fingerprint density at radius 1 is 1.36 bits per heavy atom. The average Bonchev–Trinajstić information content (AvgIpc) is 2.48. The fraction of sp³-hybridized carbons (Fsp3) is 0.562. The summed E-state index contributed by atoms with van der Waals surface area (Å²) in [6, 6.07) is 8.22. The number of halogens is 2. The van der Waals surface area contributed by atoms with E-state index in [0.29, 0.717) is 19.1 Å². The molecule has 1 unspecified atom stereocenters. The molecule has 0 spiro atoms. The lowest BCUT2D eigenvalue weighted by Crippen LogP contribution is -2.51. The third-order valence-electron chi connectivity index (χ3n) is 3.59. The van der Waals surface area contributed by atoms with E-state index in [-0.39, 0.29) is 18.3 Å². The molecule has 4 nitrogen and oxygen atoms in total. The number of unbranched alkanes of at least 4 members (excludes halogenated alkanes) is 1. The van der Waals surface area contributed by atoms with Gasteiger partial charge in [-0.3, -0.25) is 4.79 Å². The Hall–Kier alpha value is -0.780. The lowest BCUT2D eigenvalue weighted by atomic mass is 10.2.